The first-order chi connectivity index (χ1) is 25.1. The van der Waals surface area contributed by atoms with E-state index in [0.29, 0.717) is 11.3 Å². The number of carbonyl (C=O) groups is 2. The summed E-state index contributed by atoms with van der Waals surface area (Å²) in [5.74, 6) is -2.75. The van der Waals surface area contributed by atoms with Crippen LogP contribution in [-0.4, -0.2) is 67.1 Å². The van der Waals surface area contributed by atoms with Gasteiger partial charge in [0.25, 0.3) is 5.90 Å². The minimum absolute atomic E-state index is 0.00329. The molecule has 0 N–H and O–H groups in total. The number of esters is 2. The highest BCUT2D eigenvalue weighted by molar-refractivity contribution is 7.99. The van der Waals surface area contributed by atoms with Crippen molar-refractivity contribution in [1.82, 2.24) is 0 Å². The average Bonchev–Trinajstić information content (AvgIpc) is 3.13. The van der Waals surface area contributed by atoms with Gasteiger partial charge in [0.2, 0.25) is 6.29 Å². The van der Waals surface area contributed by atoms with E-state index in [9.17, 15) is 22.8 Å². The first kappa shape index (κ1) is 38.5. The molecule has 9 nitrogen and oxygen atoms in total. The molecule has 1 saturated heterocycles. The summed E-state index contributed by atoms with van der Waals surface area (Å²) >= 11 is 1.46. The molecule has 4 aromatic carbocycles. The van der Waals surface area contributed by atoms with Crippen LogP contribution in [0.5, 0.6) is 0 Å². The van der Waals surface area contributed by atoms with Crippen LogP contribution in [0.1, 0.15) is 31.1 Å². The maximum Gasteiger partial charge on any atom is 0.468 e. The van der Waals surface area contributed by atoms with Crippen LogP contribution in [0.15, 0.2) is 131 Å². The zero-order valence-corrected chi connectivity index (χ0v) is 29.2. The lowest BCUT2D eigenvalue weighted by atomic mass is 9.97. The van der Waals surface area contributed by atoms with Crippen LogP contribution in [0, 0.1) is 0 Å². The number of para-hydroxylation sites is 1. The van der Waals surface area contributed by atoms with Gasteiger partial charge in [0.15, 0.2) is 12.2 Å². The number of benzene rings is 4. The second-order valence-electron chi connectivity index (χ2n) is 11.7. The quantitative estimate of drug-likeness (QED) is 0.0551. The summed E-state index contributed by atoms with van der Waals surface area (Å²) in [6, 6.07) is 35.1. The zero-order valence-electron chi connectivity index (χ0n) is 28.4. The van der Waals surface area contributed by atoms with E-state index in [2.05, 4.69) is 4.99 Å². The third-order valence-electron chi connectivity index (χ3n) is 7.72. The van der Waals surface area contributed by atoms with E-state index in [0.717, 1.165) is 17.4 Å². The van der Waals surface area contributed by atoms with Crippen LogP contribution >= 0.6 is 11.8 Å². The van der Waals surface area contributed by atoms with Gasteiger partial charge in [-0.3, -0.25) is 9.59 Å². The molecule has 0 radical (unpaired) electrons. The Balaban J connectivity index is 1.58. The highest BCUT2D eigenvalue weighted by Crippen LogP contribution is 2.37. The van der Waals surface area contributed by atoms with Crippen molar-refractivity contribution in [3.05, 3.63) is 132 Å². The second kappa shape index (κ2) is 18.7. The largest absolute Gasteiger partial charge is 0.468 e. The van der Waals surface area contributed by atoms with Crippen LogP contribution in [0.25, 0.3) is 0 Å². The molecular formula is C39H38F3NO8S. The average molecular weight is 738 g/mol. The lowest BCUT2D eigenvalue weighted by Crippen LogP contribution is -2.63. The van der Waals surface area contributed by atoms with Crippen molar-refractivity contribution in [1.29, 1.82) is 0 Å². The number of hydrogen-bond donors (Lipinski definition) is 0. The fraction of sp³-hybridized carbons (Fsp3) is 0.308. The first-order valence-electron chi connectivity index (χ1n) is 16.4. The Kier molecular flexibility index (Phi) is 13.9. The van der Waals surface area contributed by atoms with Crippen molar-refractivity contribution in [3.8, 4) is 0 Å². The Morgan fingerprint density at radius 3 is 1.96 bits per heavy atom. The Morgan fingerprint density at radius 1 is 0.769 bits per heavy atom. The van der Waals surface area contributed by atoms with Crippen molar-refractivity contribution in [2.75, 3.05) is 12.4 Å². The van der Waals surface area contributed by atoms with E-state index in [4.69, 9.17) is 28.4 Å². The minimum Gasteiger partial charge on any atom is -0.463 e. The number of halogens is 3. The van der Waals surface area contributed by atoms with Crippen LogP contribution in [0.3, 0.4) is 0 Å². The van der Waals surface area contributed by atoms with Crippen LogP contribution in [0.2, 0.25) is 0 Å². The highest BCUT2D eigenvalue weighted by atomic mass is 32.2. The predicted molar refractivity (Wildman–Crippen MR) is 188 cm³/mol. The molecule has 6 atom stereocenters. The summed E-state index contributed by atoms with van der Waals surface area (Å²) in [4.78, 5) is 29.4. The molecule has 0 aromatic heterocycles. The van der Waals surface area contributed by atoms with Crippen LogP contribution < -0.4 is 0 Å². The molecule has 1 aliphatic rings. The van der Waals surface area contributed by atoms with Gasteiger partial charge in [0.1, 0.15) is 18.8 Å². The Hall–Kier alpha value is -4.69. The van der Waals surface area contributed by atoms with E-state index in [1.165, 1.54) is 43.0 Å². The lowest BCUT2D eigenvalue weighted by molar-refractivity contribution is -0.312. The Labute approximate surface area is 304 Å². The van der Waals surface area contributed by atoms with Crippen LogP contribution in [0.4, 0.5) is 18.9 Å². The summed E-state index contributed by atoms with van der Waals surface area (Å²) in [7, 11) is 0. The first-order valence-corrected chi connectivity index (χ1v) is 17.4. The van der Waals surface area contributed by atoms with E-state index >= 15 is 0 Å². The van der Waals surface area contributed by atoms with E-state index < -0.39 is 67.4 Å². The number of alkyl halides is 3. The van der Waals surface area contributed by atoms with Gasteiger partial charge in [0.05, 0.1) is 18.4 Å². The van der Waals surface area contributed by atoms with Crippen molar-refractivity contribution in [2.24, 2.45) is 4.99 Å². The van der Waals surface area contributed by atoms with Crippen molar-refractivity contribution >= 4 is 35.3 Å². The molecule has 0 aliphatic carbocycles. The van der Waals surface area contributed by atoms with Gasteiger partial charge in [-0.1, -0.05) is 97.1 Å². The fourth-order valence-corrected chi connectivity index (χ4v) is 6.36. The van der Waals surface area contributed by atoms with Gasteiger partial charge in [0, 0.05) is 24.5 Å². The van der Waals surface area contributed by atoms with Gasteiger partial charge < -0.3 is 28.4 Å². The van der Waals surface area contributed by atoms with Gasteiger partial charge in [-0.2, -0.15) is 13.2 Å². The lowest BCUT2D eigenvalue weighted by Gasteiger charge is -2.46. The second-order valence-corrected chi connectivity index (χ2v) is 12.8. The summed E-state index contributed by atoms with van der Waals surface area (Å²) in [6.07, 6.45) is -13.1. The van der Waals surface area contributed by atoms with Crippen molar-refractivity contribution in [3.63, 3.8) is 0 Å². The topological polar surface area (TPSA) is 102 Å². The number of aliphatic imine (C=N–C) groups is 1. The van der Waals surface area contributed by atoms with Crippen molar-refractivity contribution in [2.45, 2.75) is 68.3 Å². The van der Waals surface area contributed by atoms with E-state index in [-0.39, 0.29) is 12.3 Å². The third-order valence-corrected chi connectivity index (χ3v) is 8.80. The van der Waals surface area contributed by atoms with Gasteiger partial charge in [-0.15, -0.1) is 11.8 Å². The minimum atomic E-state index is -5.07. The van der Waals surface area contributed by atoms with E-state index in [1.807, 2.05) is 91.0 Å². The zero-order chi connectivity index (χ0) is 36.9. The molecule has 0 saturated carbocycles. The van der Waals surface area contributed by atoms with Gasteiger partial charge >= 0.3 is 18.1 Å². The molecule has 52 heavy (non-hydrogen) atoms. The number of rotatable bonds is 14. The number of ether oxygens (including phenoxy) is 6. The number of thioether (sulfide) groups is 1. The molecule has 1 aliphatic heterocycles. The smallest absolute Gasteiger partial charge is 0.463 e. The summed E-state index contributed by atoms with van der Waals surface area (Å²) in [5.41, 5.74) is 1.42. The SMILES string of the molecule is CC(=O)OC[C@H]1O[C@@H](OC(=Nc2ccccc2)C(F)(F)F)[C@H](OC(CSc2ccccc2)c2ccccc2)[C@@H](OC(C)=O)[C@@H]1OCc1ccccc1. The monoisotopic (exact) mass is 737 g/mol. The van der Waals surface area contributed by atoms with E-state index in [1.54, 1.807) is 6.07 Å². The summed E-state index contributed by atoms with van der Waals surface area (Å²) in [6.45, 7) is 1.88. The Bertz CT molecular complexity index is 1730. The molecule has 274 valence electrons. The van der Waals surface area contributed by atoms with Crippen LogP contribution in [-0.2, 0) is 44.6 Å². The molecule has 1 fully saturated rings. The molecule has 13 heteroatoms. The molecule has 1 heterocycles. The molecule has 0 bridgehead atoms. The van der Waals surface area contributed by atoms with Crippen molar-refractivity contribution < 1.29 is 51.2 Å². The molecule has 0 amide bonds. The standard InChI is InChI=1S/C39H38F3NO8S/c1-26(44)46-24-32-34(47-23-28-15-7-3-8-16-28)35(48-27(2)45)36(37(50-32)51-38(39(40,41)42)43-30-19-11-5-12-20-30)49-33(29-17-9-4-10-18-29)25-52-31-21-13-6-14-22-31/h3-22,32-37H,23-25H2,1-2H3/t32-,33?,34-,35+,36-,37+/m1/s1. The number of nitrogens with zero attached hydrogens (tertiary/aromatic N) is 1. The number of hydrogen-bond acceptors (Lipinski definition) is 10. The third kappa shape index (κ3) is 11.4. The van der Waals surface area contributed by atoms with Gasteiger partial charge in [-0.05, 0) is 35.4 Å². The number of carbonyl (C=O) groups excluding carboxylic acids is 2. The maximum atomic E-state index is 14.6. The summed E-state index contributed by atoms with van der Waals surface area (Å²) < 4.78 is 79.8. The molecule has 0 spiro atoms. The summed E-state index contributed by atoms with van der Waals surface area (Å²) in [5, 5.41) is 0. The fourth-order valence-electron chi connectivity index (χ4n) is 5.39. The molecule has 4 aromatic rings. The normalized spacial score (nSPS) is 21.2. The predicted octanol–water partition coefficient (Wildman–Crippen LogP) is 8.02. The molecule has 1 unspecified atom stereocenters. The highest BCUT2D eigenvalue weighted by Gasteiger charge is 2.54. The molecule has 5 rings (SSSR count). The van der Waals surface area contributed by atoms with Gasteiger partial charge in [-0.25, -0.2) is 4.99 Å². The maximum absolute atomic E-state index is 14.6. The Morgan fingerprint density at radius 2 is 1.37 bits per heavy atom. The molecular weight excluding hydrogens is 699 g/mol.